The second-order valence-corrected chi connectivity index (χ2v) is 8.85. The third-order valence-electron chi connectivity index (χ3n) is 4.64. The highest BCUT2D eigenvalue weighted by Crippen LogP contribution is 2.28. The molecule has 0 bridgehead atoms. The van der Waals surface area contributed by atoms with E-state index < -0.39 is 5.97 Å². The summed E-state index contributed by atoms with van der Waals surface area (Å²) in [5.41, 5.74) is 5.11. The number of thioether (sulfide) groups is 1. The number of amides is 1. The van der Waals surface area contributed by atoms with Crippen molar-refractivity contribution < 1.29 is 14.7 Å². The number of carboxylic acid groups (broad SMARTS) is 1. The van der Waals surface area contributed by atoms with E-state index in [4.69, 9.17) is 5.11 Å². The fraction of sp³-hybridized carbons (Fsp3) is 0.0417. The molecule has 34 heavy (non-hydrogen) atoms. The number of carboxylic acids is 1. The van der Waals surface area contributed by atoms with Gasteiger partial charge in [0, 0.05) is 15.7 Å². The molecule has 0 unspecified atom stereocenters. The van der Waals surface area contributed by atoms with Gasteiger partial charge in [-0.2, -0.15) is 5.10 Å². The maximum atomic E-state index is 12.3. The number of benzene rings is 3. The quantitative estimate of drug-likeness (QED) is 0.193. The second-order valence-electron chi connectivity index (χ2n) is 6.99. The normalized spacial score (nSPS) is 11.0. The van der Waals surface area contributed by atoms with Crippen LogP contribution in [0.15, 0.2) is 93.6 Å². The number of aromatic nitrogens is 3. The summed E-state index contributed by atoms with van der Waals surface area (Å²) >= 11 is 4.70. The van der Waals surface area contributed by atoms with Crippen molar-refractivity contribution in [2.45, 2.75) is 5.16 Å². The van der Waals surface area contributed by atoms with Crippen LogP contribution in [0.5, 0.6) is 0 Å². The zero-order chi connectivity index (χ0) is 23.9. The van der Waals surface area contributed by atoms with Gasteiger partial charge in [-0.25, -0.2) is 10.2 Å². The Labute approximate surface area is 207 Å². The minimum absolute atomic E-state index is 0.0821. The van der Waals surface area contributed by atoms with Gasteiger partial charge >= 0.3 is 5.97 Å². The fourth-order valence-corrected chi connectivity index (χ4v) is 4.02. The Hall–Kier alpha value is -3.76. The zero-order valence-electron chi connectivity index (χ0n) is 17.6. The maximum absolute atomic E-state index is 12.3. The van der Waals surface area contributed by atoms with Gasteiger partial charge in [0.25, 0.3) is 5.91 Å². The van der Waals surface area contributed by atoms with Crippen LogP contribution < -0.4 is 5.43 Å². The molecule has 8 nitrogen and oxygen atoms in total. The van der Waals surface area contributed by atoms with Crippen LogP contribution in [0.25, 0.3) is 17.1 Å². The van der Waals surface area contributed by atoms with Gasteiger partial charge in [-0.3, -0.25) is 9.36 Å². The van der Waals surface area contributed by atoms with Crippen LogP contribution in [0.1, 0.15) is 15.9 Å². The van der Waals surface area contributed by atoms with Crippen LogP contribution in [0, 0.1) is 0 Å². The number of halogens is 1. The standard InChI is InChI=1S/C24H18BrN5O3S/c25-19-10-12-20(13-11-19)30-22(17-4-2-1-3-5-17)28-29-24(30)34-15-21(31)27-26-14-16-6-8-18(9-7-16)23(32)33/h1-14H,15H2,(H,27,31)(H,32,33). The Morgan fingerprint density at radius 3 is 2.38 bits per heavy atom. The molecule has 2 N–H and O–H groups in total. The van der Waals surface area contributed by atoms with Crippen LogP contribution in [0.4, 0.5) is 0 Å². The van der Waals surface area contributed by atoms with Crippen molar-refractivity contribution in [1.29, 1.82) is 0 Å². The van der Waals surface area contributed by atoms with Crippen LogP contribution in [-0.4, -0.2) is 43.7 Å². The van der Waals surface area contributed by atoms with E-state index in [1.165, 1.54) is 30.1 Å². The highest BCUT2D eigenvalue weighted by molar-refractivity contribution is 9.10. The summed E-state index contributed by atoms with van der Waals surface area (Å²) in [5, 5.41) is 22.1. The SMILES string of the molecule is O=C(CSc1nnc(-c2ccccc2)n1-c1ccc(Br)cc1)NN=Cc1ccc(C(=O)O)cc1. The summed E-state index contributed by atoms with van der Waals surface area (Å²) < 4.78 is 2.86. The van der Waals surface area contributed by atoms with Gasteiger partial charge in [-0.15, -0.1) is 10.2 Å². The molecule has 0 saturated carbocycles. The summed E-state index contributed by atoms with van der Waals surface area (Å²) in [6, 6.07) is 23.6. The highest BCUT2D eigenvalue weighted by Gasteiger charge is 2.17. The van der Waals surface area contributed by atoms with Crippen molar-refractivity contribution in [3.05, 3.63) is 94.5 Å². The molecular formula is C24H18BrN5O3S. The van der Waals surface area contributed by atoms with E-state index in [1.807, 2.05) is 59.2 Å². The molecule has 0 atom stereocenters. The molecule has 0 aliphatic rings. The zero-order valence-corrected chi connectivity index (χ0v) is 20.0. The number of carbonyl (C=O) groups is 2. The van der Waals surface area contributed by atoms with E-state index in [2.05, 4.69) is 36.7 Å². The Morgan fingerprint density at radius 2 is 1.71 bits per heavy atom. The lowest BCUT2D eigenvalue weighted by Gasteiger charge is -2.10. The molecule has 0 aliphatic carbocycles. The van der Waals surface area contributed by atoms with Gasteiger partial charge in [0.15, 0.2) is 11.0 Å². The second kappa shape index (κ2) is 10.9. The molecule has 0 saturated heterocycles. The molecule has 1 amide bonds. The van der Waals surface area contributed by atoms with Gasteiger partial charge in [0.2, 0.25) is 0 Å². The van der Waals surface area contributed by atoms with Crippen LogP contribution in [0.3, 0.4) is 0 Å². The minimum atomic E-state index is -1.000. The highest BCUT2D eigenvalue weighted by atomic mass is 79.9. The summed E-state index contributed by atoms with van der Waals surface area (Å²) in [5.74, 6) is -0.553. The molecule has 0 aliphatic heterocycles. The minimum Gasteiger partial charge on any atom is -0.478 e. The van der Waals surface area contributed by atoms with Gasteiger partial charge in [0.05, 0.1) is 17.5 Å². The van der Waals surface area contributed by atoms with Crippen LogP contribution in [-0.2, 0) is 4.79 Å². The molecule has 10 heteroatoms. The van der Waals surface area contributed by atoms with E-state index in [0.29, 0.717) is 16.5 Å². The van der Waals surface area contributed by atoms with E-state index in [0.717, 1.165) is 15.7 Å². The molecule has 4 aromatic rings. The Kier molecular flexibility index (Phi) is 7.51. The average Bonchev–Trinajstić information content (AvgIpc) is 3.28. The first-order valence-electron chi connectivity index (χ1n) is 10.1. The number of hydrogen-bond acceptors (Lipinski definition) is 6. The number of nitrogens with one attached hydrogen (secondary N) is 1. The molecule has 0 spiro atoms. The Bertz CT molecular complexity index is 1320. The van der Waals surface area contributed by atoms with Gasteiger partial charge in [-0.05, 0) is 42.0 Å². The molecule has 0 radical (unpaired) electrons. The lowest BCUT2D eigenvalue weighted by atomic mass is 10.1. The Morgan fingerprint density at radius 1 is 1.00 bits per heavy atom. The molecule has 1 aromatic heterocycles. The van der Waals surface area contributed by atoms with Crippen LogP contribution in [0.2, 0.25) is 0 Å². The Balaban J connectivity index is 1.46. The predicted octanol–water partition coefficient (Wildman–Crippen LogP) is 4.64. The third kappa shape index (κ3) is 5.77. The lowest BCUT2D eigenvalue weighted by Crippen LogP contribution is -2.20. The first kappa shape index (κ1) is 23.4. The van der Waals surface area contributed by atoms with Crippen molar-refractivity contribution in [2.24, 2.45) is 5.10 Å². The number of carbonyl (C=O) groups excluding carboxylic acids is 1. The summed E-state index contributed by atoms with van der Waals surface area (Å²) in [6.07, 6.45) is 1.45. The maximum Gasteiger partial charge on any atom is 0.335 e. The first-order valence-corrected chi connectivity index (χ1v) is 11.8. The van der Waals surface area contributed by atoms with Gasteiger partial charge < -0.3 is 5.11 Å². The fourth-order valence-electron chi connectivity index (χ4n) is 3.01. The van der Waals surface area contributed by atoms with Gasteiger partial charge in [0.1, 0.15) is 0 Å². The van der Waals surface area contributed by atoms with E-state index in [-0.39, 0.29) is 17.2 Å². The smallest absolute Gasteiger partial charge is 0.335 e. The molecule has 4 rings (SSSR count). The number of aromatic carboxylic acids is 1. The summed E-state index contributed by atoms with van der Waals surface area (Å²) in [4.78, 5) is 23.2. The average molecular weight is 536 g/mol. The molecule has 0 fully saturated rings. The number of hydrazone groups is 1. The third-order valence-corrected chi connectivity index (χ3v) is 6.10. The lowest BCUT2D eigenvalue weighted by molar-refractivity contribution is -0.118. The molecular weight excluding hydrogens is 518 g/mol. The number of rotatable bonds is 8. The van der Waals surface area contributed by atoms with Crippen molar-refractivity contribution in [1.82, 2.24) is 20.2 Å². The van der Waals surface area contributed by atoms with Crippen molar-refractivity contribution >= 4 is 45.8 Å². The number of hydrogen-bond donors (Lipinski definition) is 2. The van der Waals surface area contributed by atoms with Crippen LogP contribution >= 0.6 is 27.7 Å². The summed E-state index contributed by atoms with van der Waals surface area (Å²) in [7, 11) is 0. The summed E-state index contributed by atoms with van der Waals surface area (Å²) in [6.45, 7) is 0. The van der Waals surface area contributed by atoms with E-state index in [9.17, 15) is 9.59 Å². The topological polar surface area (TPSA) is 109 Å². The first-order chi connectivity index (χ1) is 16.5. The molecule has 3 aromatic carbocycles. The molecule has 170 valence electrons. The van der Waals surface area contributed by atoms with Crippen molar-refractivity contribution in [3.8, 4) is 17.1 Å². The van der Waals surface area contributed by atoms with Gasteiger partial charge in [-0.1, -0.05) is 70.2 Å². The van der Waals surface area contributed by atoms with E-state index >= 15 is 0 Å². The molecule has 1 heterocycles. The van der Waals surface area contributed by atoms with E-state index in [1.54, 1.807) is 12.1 Å². The monoisotopic (exact) mass is 535 g/mol. The van der Waals surface area contributed by atoms with Crippen molar-refractivity contribution in [2.75, 3.05) is 5.75 Å². The number of nitrogens with zero attached hydrogens (tertiary/aromatic N) is 4. The largest absolute Gasteiger partial charge is 0.478 e. The van der Waals surface area contributed by atoms with Crippen molar-refractivity contribution in [3.63, 3.8) is 0 Å². The predicted molar refractivity (Wildman–Crippen MR) is 134 cm³/mol.